The fourth-order valence-electron chi connectivity index (χ4n) is 2.85. The van der Waals surface area contributed by atoms with Crippen molar-refractivity contribution in [2.75, 3.05) is 20.8 Å². The lowest BCUT2D eigenvalue weighted by Crippen LogP contribution is -2.25. The van der Waals surface area contributed by atoms with E-state index in [2.05, 4.69) is 41.5 Å². The van der Waals surface area contributed by atoms with Gasteiger partial charge < -0.3 is 14.8 Å². The number of nitrogens with zero attached hydrogens (tertiary/aromatic N) is 1. The van der Waals surface area contributed by atoms with Crippen molar-refractivity contribution >= 4 is 17.2 Å². The van der Waals surface area contributed by atoms with Crippen molar-refractivity contribution in [3.8, 4) is 22.1 Å². The number of aromatic nitrogens is 1. The van der Waals surface area contributed by atoms with Gasteiger partial charge in [-0.1, -0.05) is 29.8 Å². The van der Waals surface area contributed by atoms with Gasteiger partial charge in [0.15, 0.2) is 11.5 Å². The molecule has 1 N–H and O–H groups in total. The Morgan fingerprint density at radius 3 is 2.43 bits per heavy atom. The van der Waals surface area contributed by atoms with Gasteiger partial charge in [0.2, 0.25) is 0 Å². The highest BCUT2D eigenvalue weighted by Gasteiger charge is 2.12. The second-order valence-corrected chi connectivity index (χ2v) is 7.55. The number of nitrogens with one attached hydrogen (secondary N) is 1. The Bertz CT molecular complexity index is 964. The number of methoxy groups -OCH3 is 2. The number of ether oxygens (including phenoxy) is 2. The van der Waals surface area contributed by atoms with E-state index in [0.29, 0.717) is 23.6 Å². The Labute approximate surface area is 169 Å². The molecular weight excluding hydrogens is 372 g/mol. The van der Waals surface area contributed by atoms with Gasteiger partial charge in [-0.05, 0) is 32.0 Å². The summed E-state index contributed by atoms with van der Waals surface area (Å²) >= 11 is 1.68. The van der Waals surface area contributed by atoms with Crippen LogP contribution >= 0.6 is 11.3 Å². The van der Waals surface area contributed by atoms with E-state index in [1.807, 2.05) is 6.92 Å². The van der Waals surface area contributed by atoms with Gasteiger partial charge in [-0.25, -0.2) is 4.98 Å². The Hall–Kier alpha value is -2.86. The minimum absolute atomic E-state index is 0.137. The summed E-state index contributed by atoms with van der Waals surface area (Å²) in [5.74, 6) is 1.00. The molecule has 0 spiro atoms. The SMILES string of the molecule is COc1ccc(C(=O)NCCc2sc(-c3ccc(C)cc3)nc2C)cc1OC. The number of thiazole rings is 1. The molecule has 3 aromatic rings. The summed E-state index contributed by atoms with van der Waals surface area (Å²) < 4.78 is 10.5. The fraction of sp³-hybridized carbons (Fsp3) is 0.273. The van der Waals surface area contributed by atoms with Crippen LogP contribution in [-0.4, -0.2) is 31.7 Å². The molecule has 1 amide bonds. The maximum absolute atomic E-state index is 12.4. The predicted molar refractivity (Wildman–Crippen MR) is 113 cm³/mol. The molecule has 1 heterocycles. The van der Waals surface area contributed by atoms with Crippen molar-refractivity contribution < 1.29 is 14.3 Å². The Morgan fingerprint density at radius 1 is 1.04 bits per heavy atom. The second-order valence-electron chi connectivity index (χ2n) is 6.47. The van der Waals surface area contributed by atoms with Crippen molar-refractivity contribution in [3.05, 3.63) is 64.2 Å². The summed E-state index contributed by atoms with van der Waals surface area (Å²) in [4.78, 5) is 18.3. The molecule has 0 unspecified atom stereocenters. The van der Waals surface area contributed by atoms with E-state index < -0.39 is 0 Å². The highest BCUT2D eigenvalue weighted by atomic mass is 32.1. The fourth-order valence-corrected chi connectivity index (χ4v) is 3.92. The minimum atomic E-state index is -0.137. The molecule has 6 heteroatoms. The highest BCUT2D eigenvalue weighted by molar-refractivity contribution is 7.15. The van der Waals surface area contributed by atoms with E-state index in [4.69, 9.17) is 9.47 Å². The highest BCUT2D eigenvalue weighted by Crippen LogP contribution is 2.29. The van der Waals surface area contributed by atoms with E-state index in [1.54, 1.807) is 43.8 Å². The standard InChI is InChI=1S/C22H24N2O3S/c1-14-5-7-16(8-6-14)22-24-15(2)20(28-22)11-12-23-21(25)17-9-10-18(26-3)19(13-17)27-4/h5-10,13H,11-12H2,1-4H3,(H,23,25). The molecule has 0 fully saturated rings. The zero-order valence-electron chi connectivity index (χ0n) is 16.5. The van der Waals surface area contributed by atoms with Crippen molar-refractivity contribution in [2.45, 2.75) is 20.3 Å². The zero-order valence-corrected chi connectivity index (χ0v) is 17.4. The third-order valence-corrected chi connectivity index (χ3v) is 5.74. The van der Waals surface area contributed by atoms with Crippen LogP contribution in [0.3, 0.4) is 0 Å². The molecule has 0 aliphatic heterocycles. The summed E-state index contributed by atoms with van der Waals surface area (Å²) in [7, 11) is 3.12. The number of carbonyl (C=O) groups is 1. The average molecular weight is 397 g/mol. The van der Waals surface area contributed by atoms with Crippen LogP contribution in [0, 0.1) is 13.8 Å². The van der Waals surface area contributed by atoms with Crippen molar-refractivity contribution in [1.29, 1.82) is 0 Å². The molecule has 5 nitrogen and oxygen atoms in total. The number of amides is 1. The van der Waals surface area contributed by atoms with Gasteiger partial charge in [-0.3, -0.25) is 4.79 Å². The smallest absolute Gasteiger partial charge is 0.251 e. The molecule has 0 saturated carbocycles. The maximum Gasteiger partial charge on any atom is 0.251 e. The summed E-state index contributed by atoms with van der Waals surface area (Å²) in [6.07, 6.45) is 0.744. The van der Waals surface area contributed by atoms with Gasteiger partial charge >= 0.3 is 0 Å². The minimum Gasteiger partial charge on any atom is -0.493 e. The number of carbonyl (C=O) groups excluding carboxylic acids is 1. The van der Waals surface area contributed by atoms with Crippen LogP contribution < -0.4 is 14.8 Å². The van der Waals surface area contributed by atoms with E-state index >= 15 is 0 Å². The third kappa shape index (κ3) is 4.51. The monoisotopic (exact) mass is 396 g/mol. The van der Waals surface area contributed by atoms with Gasteiger partial charge in [0.1, 0.15) is 5.01 Å². The molecule has 146 valence electrons. The van der Waals surface area contributed by atoms with E-state index in [-0.39, 0.29) is 5.91 Å². The Kier molecular flexibility index (Phi) is 6.31. The molecule has 1 aromatic heterocycles. The number of hydrogen-bond donors (Lipinski definition) is 1. The molecule has 0 aliphatic carbocycles. The molecule has 0 radical (unpaired) electrons. The normalized spacial score (nSPS) is 10.6. The zero-order chi connectivity index (χ0) is 20.1. The largest absolute Gasteiger partial charge is 0.493 e. The number of rotatable bonds is 7. The lowest BCUT2D eigenvalue weighted by atomic mass is 10.2. The first-order chi connectivity index (χ1) is 13.5. The third-order valence-electron chi connectivity index (χ3n) is 4.47. The Morgan fingerprint density at radius 2 is 1.75 bits per heavy atom. The van der Waals surface area contributed by atoms with E-state index in [9.17, 15) is 4.79 Å². The van der Waals surface area contributed by atoms with Gasteiger partial charge in [0.05, 0.1) is 19.9 Å². The molecule has 0 saturated heterocycles. The van der Waals surface area contributed by atoms with Crippen LogP contribution in [0.2, 0.25) is 0 Å². The molecule has 0 atom stereocenters. The molecule has 0 aliphatic rings. The van der Waals surface area contributed by atoms with Crippen LogP contribution in [0.5, 0.6) is 11.5 Å². The molecule has 28 heavy (non-hydrogen) atoms. The van der Waals surface area contributed by atoms with Gasteiger partial charge in [-0.15, -0.1) is 11.3 Å². The first-order valence-electron chi connectivity index (χ1n) is 9.05. The van der Waals surface area contributed by atoms with Gasteiger partial charge in [0.25, 0.3) is 5.91 Å². The van der Waals surface area contributed by atoms with Crippen LogP contribution in [0.4, 0.5) is 0 Å². The van der Waals surface area contributed by atoms with Crippen LogP contribution in [0.25, 0.3) is 10.6 Å². The maximum atomic E-state index is 12.4. The van der Waals surface area contributed by atoms with E-state index in [0.717, 1.165) is 22.7 Å². The van der Waals surface area contributed by atoms with Crippen molar-refractivity contribution in [2.24, 2.45) is 0 Å². The van der Waals surface area contributed by atoms with Crippen LogP contribution in [-0.2, 0) is 6.42 Å². The van der Waals surface area contributed by atoms with E-state index in [1.165, 1.54) is 10.4 Å². The number of aryl methyl sites for hydroxylation is 2. The van der Waals surface area contributed by atoms with Gasteiger partial charge in [-0.2, -0.15) is 0 Å². The molecular formula is C22H24N2O3S. The van der Waals surface area contributed by atoms with Crippen LogP contribution in [0.1, 0.15) is 26.5 Å². The molecule has 2 aromatic carbocycles. The van der Waals surface area contributed by atoms with Gasteiger partial charge in [0, 0.05) is 29.0 Å². The predicted octanol–water partition coefficient (Wildman–Crippen LogP) is 4.42. The topological polar surface area (TPSA) is 60.5 Å². The first-order valence-corrected chi connectivity index (χ1v) is 9.87. The lowest BCUT2D eigenvalue weighted by Gasteiger charge is -2.10. The first kappa shape index (κ1) is 19.9. The molecule has 0 bridgehead atoms. The van der Waals surface area contributed by atoms with Crippen molar-refractivity contribution in [3.63, 3.8) is 0 Å². The summed E-state index contributed by atoms with van der Waals surface area (Å²) in [5.41, 5.74) is 3.91. The molecule has 3 rings (SSSR count). The summed E-state index contributed by atoms with van der Waals surface area (Å²) in [5, 5.41) is 3.98. The summed E-state index contributed by atoms with van der Waals surface area (Å²) in [6.45, 7) is 4.63. The quantitative estimate of drug-likeness (QED) is 0.642. The van der Waals surface area contributed by atoms with Crippen molar-refractivity contribution in [1.82, 2.24) is 10.3 Å². The second kappa shape index (κ2) is 8.89. The lowest BCUT2D eigenvalue weighted by molar-refractivity contribution is 0.0953. The average Bonchev–Trinajstić information content (AvgIpc) is 3.08. The number of benzene rings is 2. The number of hydrogen-bond acceptors (Lipinski definition) is 5. The summed E-state index contributed by atoms with van der Waals surface area (Å²) in [6, 6.07) is 13.5. The van der Waals surface area contributed by atoms with Crippen LogP contribution in [0.15, 0.2) is 42.5 Å². The Balaban J connectivity index is 1.62.